The molecule has 0 fully saturated rings. The molecule has 0 aliphatic carbocycles. The SMILES string of the molecule is FC(F)C(Cl)C(F)(F)Oc1ccc(C(F)(F)F)cc1C(F)(F)F. The summed E-state index contributed by atoms with van der Waals surface area (Å²) in [5, 5.41) is -3.30. The standard InChI is InChI=1S/C11H5ClF10O/c12-7(8(13)14)11(21,22)23-6-2-1-4(9(15,16)17)3-5(6)10(18,19)20/h1-3,7-8H. The van der Waals surface area contributed by atoms with Gasteiger partial charge in [-0.05, 0) is 18.2 Å². The summed E-state index contributed by atoms with van der Waals surface area (Å²) in [6.07, 6.45) is -19.5. The molecule has 1 aromatic carbocycles. The first-order chi connectivity index (χ1) is 10.2. The lowest BCUT2D eigenvalue weighted by Gasteiger charge is -2.24. The molecule has 0 saturated carbocycles. The van der Waals surface area contributed by atoms with E-state index in [0.29, 0.717) is 0 Å². The smallest absolute Gasteiger partial charge is 0.420 e. The number of rotatable bonds is 4. The third-order valence-corrected chi connectivity index (χ3v) is 2.85. The molecular weight excluding hydrogens is 374 g/mol. The summed E-state index contributed by atoms with van der Waals surface area (Å²) in [5.74, 6) is -1.76. The first kappa shape index (κ1) is 19.7. The molecule has 132 valence electrons. The molecule has 23 heavy (non-hydrogen) atoms. The second-order valence-electron chi connectivity index (χ2n) is 4.11. The van der Waals surface area contributed by atoms with E-state index in [9.17, 15) is 43.9 Å². The quantitative estimate of drug-likeness (QED) is 0.492. The van der Waals surface area contributed by atoms with Crippen LogP contribution in [0, 0.1) is 0 Å². The van der Waals surface area contributed by atoms with Crippen molar-refractivity contribution < 1.29 is 48.6 Å². The molecule has 1 aromatic rings. The van der Waals surface area contributed by atoms with Crippen molar-refractivity contribution in [3.63, 3.8) is 0 Å². The van der Waals surface area contributed by atoms with E-state index in [1.807, 2.05) is 0 Å². The highest BCUT2D eigenvalue weighted by Gasteiger charge is 2.49. The Labute approximate surface area is 126 Å². The van der Waals surface area contributed by atoms with E-state index in [0.717, 1.165) is 0 Å². The molecule has 1 nitrogen and oxygen atoms in total. The summed E-state index contributed by atoms with van der Waals surface area (Å²) < 4.78 is 129. The molecule has 1 atom stereocenters. The molecule has 0 spiro atoms. The second-order valence-corrected chi connectivity index (χ2v) is 4.58. The van der Waals surface area contributed by atoms with Crippen LogP contribution < -0.4 is 4.74 Å². The van der Waals surface area contributed by atoms with Crippen molar-refractivity contribution in [2.24, 2.45) is 0 Å². The molecule has 12 heteroatoms. The summed E-state index contributed by atoms with van der Waals surface area (Å²) in [7, 11) is 0. The van der Waals surface area contributed by atoms with E-state index in [4.69, 9.17) is 0 Å². The van der Waals surface area contributed by atoms with Crippen LogP contribution in [0.15, 0.2) is 18.2 Å². The lowest BCUT2D eigenvalue weighted by molar-refractivity contribution is -0.199. The molecule has 0 N–H and O–H groups in total. The van der Waals surface area contributed by atoms with Crippen molar-refractivity contribution in [1.82, 2.24) is 0 Å². The Kier molecular flexibility index (Phi) is 5.34. The molecule has 0 aliphatic heterocycles. The molecule has 0 aliphatic rings. The zero-order valence-corrected chi connectivity index (χ0v) is 11.2. The lowest BCUT2D eigenvalue weighted by atomic mass is 10.1. The van der Waals surface area contributed by atoms with Gasteiger partial charge in [0.25, 0.3) is 6.43 Å². The van der Waals surface area contributed by atoms with Crippen LogP contribution in [0.5, 0.6) is 5.75 Å². The van der Waals surface area contributed by atoms with Crippen LogP contribution in [0.4, 0.5) is 43.9 Å². The van der Waals surface area contributed by atoms with Crippen LogP contribution in [0.2, 0.25) is 0 Å². The predicted octanol–water partition coefficient (Wildman–Crippen LogP) is 5.57. The molecule has 0 amide bonds. The molecule has 0 heterocycles. The normalized spacial score (nSPS) is 15.0. The highest BCUT2D eigenvalue weighted by molar-refractivity contribution is 6.21. The zero-order valence-electron chi connectivity index (χ0n) is 10.5. The average molecular weight is 379 g/mol. The minimum Gasteiger partial charge on any atom is -0.431 e. The van der Waals surface area contributed by atoms with Gasteiger partial charge in [0.2, 0.25) is 0 Å². The van der Waals surface area contributed by atoms with Gasteiger partial charge in [-0.25, -0.2) is 8.78 Å². The fourth-order valence-electron chi connectivity index (χ4n) is 1.37. The zero-order chi connectivity index (χ0) is 18.2. The largest absolute Gasteiger partial charge is 0.431 e. The monoisotopic (exact) mass is 378 g/mol. The number of alkyl halides is 11. The van der Waals surface area contributed by atoms with E-state index in [-0.39, 0.29) is 12.1 Å². The minimum atomic E-state index is -5.50. The summed E-state index contributed by atoms with van der Waals surface area (Å²) in [6, 6.07) is -0.488. The molecule has 1 rings (SSSR count). The van der Waals surface area contributed by atoms with Crippen molar-refractivity contribution >= 4 is 11.6 Å². The maximum absolute atomic E-state index is 13.2. The summed E-state index contributed by atoms with van der Waals surface area (Å²) in [6.45, 7) is 0. The molecule has 1 unspecified atom stereocenters. The molecule has 0 bridgehead atoms. The predicted molar refractivity (Wildman–Crippen MR) is 57.7 cm³/mol. The van der Waals surface area contributed by atoms with Gasteiger partial charge in [0.05, 0.1) is 11.1 Å². The van der Waals surface area contributed by atoms with Crippen LogP contribution in [0.3, 0.4) is 0 Å². The minimum absolute atomic E-state index is 0.0340. The van der Waals surface area contributed by atoms with Crippen LogP contribution in [-0.4, -0.2) is 17.9 Å². The maximum Gasteiger partial charge on any atom is 0.420 e. The fourth-order valence-corrected chi connectivity index (χ4v) is 1.41. The Morgan fingerprint density at radius 2 is 1.39 bits per heavy atom. The topological polar surface area (TPSA) is 9.23 Å². The Morgan fingerprint density at radius 1 is 0.870 bits per heavy atom. The van der Waals surface area contributed by atoms with Crippen molar-refractivity contribution in [2.45, 2.75) is 30.3 Å². The first-order valence-electron chi connectivity index (χ1n) is 5.43. The van der Waals surface area contributed by atoms with Crippen molar-refractivity contribution in [3.8, 4) is 5.75 Å². The maximum atomic E-state index is 13.2. The van der Waals surface area contributed by atoms with E-state index < -0.39 is 53.2 Å². The Balaban J connectivity index is 3.32. The van der Waals surface area contributed by atoms with Gasteiger partial charge in [-0.3, -0.25) is 0 Å². The Bertz CT molecular complexity index is 551. The van der Waals surface area contributed by atoms with Gasteiger partial charge in [-0.2, -0.15) is 35.1 Å². The van der Waals surface area contributed by atoms with Crippen molar-refractivity contribution in [2.75, 3.05) is 0 Å². The van der Waals surface area contributed by atoms with Crippen LogP contribution in [0.25, 0.3) is 0 Å². The molecule has 0 radical (unpaired) electrons. The van der Waals surface area contributed by atoms with Gasteiger partial charge in [0, 0.05) is 0 Å². The number of hydrogen-bond acceptors (Lipinski definition) is 1. The van der Waals surface area contributed by atoms with Crippen LogP contribution in [-0.2, 0) is 12.4 Å². The second kappa shape index (κ2) is 6.25. The van der Waals surface area contributed by atoms with Gasteiger partial charge >= 0.3 is 18.5 Å². The van der Waals surface area contributed by atoms with Crippen LogP contribution in [0.1, 0.15) is 11.1 Å². The van der Waals surface area contributed by atoms with Crippen LogP contribution >= 0.6 is 11.6 Å². The van der Waals surface area contributed by atoms with Crippen molar-refractivity contribution in [1.29, 1.82) is 0 Å². The highest BCUT2D eigenvalue weighted by atomic mass is 35.5. The third kappa shape index (κ3) is 4.79. The van der Waals surface area contributed by atoms with Gasteiger partial charge in [0.1, 0.15) is 5.75 Å². The number of halogens is 11. The molecular formula is C11H5ClF10O. The van der Waals surface area contributed by atoms with Gasteiger partial charge < -0.3 is 4.74 Å². The van der Waals surface area contributed by atoms with Gasteiger partial charge in [0.15, 0.2) is 5.38 Å². The van der Waals surface area contributed by atoms with E-state index >= 15 is 0 Å². The lowest BCUT2D eigenvalue weighted by Crippen LogP contribution is -2.40. The van der Waals surface area contributed by atoms with Gasteiger partial charge in [-0.1, -0.05) is 0 Å². The Morgan fingerprint density at radius 3 is 1.78 bits per heavy atom. The van der Waals surface area contributed by atoms with E-state index in [2.05, 4.69) is 16.3 Å². The average Bonchev–Trinajstić information content (AvgIpc) is 2.34. The summed E-state index contributed by atoms with van der Waals surface area (Å²) in [5.41, 5.74) is -3.98. The summed E-state index contributed by atoms with van der Waals surface area (Å²) in [4.78, 5) is 0. The third-order valence-electron chi connectivity index (χ3n) is 2.40. The number of hydrogen-bond donors (Lipinski definition) is 0. The van der Waals surface area contributed by atoms with Gasteiger partial charge in [-0.15, -0.1) is 11.6 Å². The first-order valence-corrected chi connectivity index (χ1v) is 5.87. The van der Waals surface area contributed by atoms with Crippen molar-refractivity contribution in [3.05, 3.63) is 29.3 Å². The van der Waals surface area contributed by atoms with E-state index in [1.165, 1.54) is 0 Å². The Hall–Kier alpha value is -1.39. The number of benzene rings is 1. The molecule has 0 aromatic heterocycles. The molecule has 0 saturated heterocycles. The summed E-state index contributed by atoms with van der Waals surface area (Å²) >= 11 is 4.64. The number of ether oxygens (including phenoxy) is 1. The van der Waals surface area contributed by atoms with E-state index in [1.54, 1.807) is 0 Å². The fraction of sp³-hybridized carbons (Fsp3) is 0.455. The highest BCUT2D eigenvalue weighted by Crippen LogP contribution is 2.42.